The van der Waals surface area contributed by atoms with Crippen molar-refractivity contribution in [2.24, 2.45) is 5.92 Å². The van der Waals surface area contributed by atoms with Crippen molar-refractivity contribution in [3.05, 3.63) is 59.1 Å². The van der Waals surface area contributed by atoms with Gasteiger partial charge in [-0.25, -0.2) is 4.79 Å². The fraction of sp³-hybridized carbons (Fsp3) is 0.211. The van der Waals surface area contributed by atoms with Crippen LogP contribution in [0.25, 0.3) is 0 Å². The Labute approximate surface area is 155 Å². The van der Waals surface area contributed by atoms with E-state index >= 15 is 0 Å². The predicted molar refractivity (Wildman–Crippen MR) is 98.3 cm³/mol. The lowest BCUT2D eigenvalue weighted by Crippen LogP contribution is -2.28. The molecule has 1 aliphatic rings. The fourth-order valence-electron chi connectivity index (χ4n) is 2.81. The van der Waals surface area contributed by atoms with Crippen LogP contribution in [0.4, 0.5) is 11.4 Å². The summed E-state index contributed by atoms with van der Waals surface area (Å²) < 4.78 is 4.63. The van der Waals surface area contributed by atoms with E-state index in [1.54, 1.807) is 53.4 Å². The van der Waals surface area contributed by atoms with Gasteiger partial charge in [-0.15, -0.1) is 0 Å². The summed E-state index contributed by atoms with van der Waals surface area (Å²) in [6.07, 6.45) is 0.148. The smallest absolute Gasteiger partial charge is 0.337 e. The standard InChI is InChI=1S/C19H17ClN2O4/c1-26-19(25)12-2-6-15(7-3-12)21-18(24)13-10-17(23)22(11-13)16-8-4-14(20)5-9-16/h2-9,13H,10-11H2,1H3,(H,21,24)/t13-/m0/s1. The number of carbonyl (C=O) groups is 3. The lowest BCUT2D eigenvalue weighted by molar-refractivity contribution is -0.122. The largest absolute Gasteiger partial charge is 0.465 e. The number of halogens is 1. The first-order valence-electron chi connectivity index (χ1n) is 8.03. The minimum Gasteiger partial charge on any atom is -0.465 e. The van der Waals surface area contributed by atoms with Crippen LogP contribution >= 0.6 is 11.6 Å². The van der Waals surface area contributed by atoms with Crippen LogP contribution in [0.2, 0.25) is 5.02 Å². The molecule has 0 aromatic heterocycles. The summed E-state index contributed by atoms with van der Waals surface area (Å²) >= 11 is 5.87. The highest BCUT2D eigenvalue weighted by molar-refractivity contribution is 6.30. The van der Waals surface area contributed by atoms with E-state index < -0.39 is 11.9 Å². The van der Waals surface area contributed by atoms with E-state index in [1.807, 2.05) is 0 Å². The molecule has 1 N–H and O–H groups in total. The number of amides is 2. The Morgan fingerprint density at radius 1 is 1.12 bits per heavy atom. The molecule has 0 aliphatic carbocycles. The Bertz CT molecular complexity index is 834. The third kappa shape index (κ3) is 3.86. The minimum atomic E-state index is -0.446. The maximum atomic E-state index is 12.5. The summed E-state index contributed by atoms with van der Waals surface area (Å²) in [6.45, 7) is 0.312. The van der Waals surface area contributed by atoms with E-state index in [2.05, 4.69) is 10.1 Å². The van der Waals surface area contributed by atoms with Gasteiger partial charge < -0.3 is 15.0 Å². The normalized spacial score (nSPS) is 16.5. The third-order valence-electron chi connectivity index (χ3n) is 4.21. The Morgan fingerprint density at radius 2 is 1.77 bits per heavy atom. The minimum absolute atomic E-state index is 0.103. The van der Waals surface area contributed by atoms with Crippen LogP contribution in [0, 0.1) is 5.92 Å². The molecular weight excluding hydrogens is 356 g/mol. The molecule has 0 unspecified atom stereocenters. The maximum absolute atomic E-state index is 12.5. The van der Waals surface area contributed by atoms with Gasteiger partial charge in [-0.05, 0) is 48.5 Å². The molecular formula is C19H17ClN2O4. The van der Waals surface area contributed by atoms with Gasteiger partial charge >= 0.3 is 5.97 Å². The maximum Gasteiger partial charge on any atom is 0.337 e. The summed E-state index contributed by atoms with van der Waals surface area (Å²) in [4.78, 5) is 37.7. The lowest BCUT2D eigenvalue weighted by Gasteiger charge is -2.16. The van der Waals surface area contributed by atoms with Crippen molar-refractivity contribution in [1.29, 1.82) is 0 Å². The first-order valence-corrected chi connectivity index (χ1v) is 8.41. The van der Waals surface area contributed by atoms with Gasteiger partial charge in [0.15, 0.2) is 0 Å². The first-order chi connectivity index (χ1) is 12.5. The number of ether oxygens (including phenoxy) is 1. The number of carbonyl (C=O) groups excluding carboxylic acids is 3. The van der Waals surface area contributed by atoms with Gasteiger partial charge in [-0.2, -0.15) is 0 Å². The third-order valence-corrected chi connectivity index (χ3v) is 4.46. The van der Waals surface area contributed by atoms with E-state index in [9.17, 15) is 14.4 Å². The van der Waals surface area contributed by atoms with Crippen LogP contribution < -0.4 is 10.2 Å². The number of nitrogens with one attached hydrogen (secondary N) is 1. The molecule has 0 spiro atoms. The van der Waals surface area contributed by atoms with Crippen molar-refractivity contribution in [1.82, 2.24) is 0 Å². The number of anilines is 2. The molecule has 2 aromatic rings. The SMILES string of the molecule is COC(=O)c1ccc(NC(=O)[C@H]2CC(=O)N(c3ccc(Cl)cc3)C2)cc1. The van der Waals surface area contributed by atoms with Crippen molar-refractivity contribution < 1.29 is 19.1 Å². The van der Waals surface area contributed by atoms with E-state index in [4.69, 9.17) is 11.6 Å². The molecule has 6 nitrogen and oxygen atoms in total. The molecule has 2 aromatic carbocycles. The van der Waals surface area contributed by atoms with Crippen molar-refractivity contribution >= 4 is 40.8 Å². The van der Waals surface area contributed by atoms with Crippen molar-refractivity contribution in [3.8, 4) is 0 Å². The van der Waals surface area contributed by atoms with Crippen LogP contribution in [0.15, 0.2) is 48.5 Å². The highest BCUT2D eigenvalue weighted by atomic mass is 35.5. The van der Waals surface area contributed by atoms with Gasteiger partial charge in [0.25, 0.3) is 0 Å². The molecule has 1 fully saturated rings. The number of hydrogen-bond acceptors (Lipinski definition) is 4. The van der Waals surface area contributed by atoms with Gasteiger partial charge in [0, 0.05) is 29.4 Å². The van der Waals surface area contributed by atoms with Crippen LogP contribution in [0.3, 0.4) is 0 Å². The van der Waals surface area contributed by atoms with Crippen molar-refractivity contribution in [2.45, 2.75) is 6.42 Å². The summed E-state index contributed by atoms with van der Waals surface area (Å²) in [5.41, 5.74) is 1.67. The zero-order chi connectivity index (χ0) is 18.7. The molecule has 3 rings (SSSR count). The highest BCUT2D eigenvalue weighted by Crippen LogP contribution is 2.27. The highest BCUT2D eigenvalue weighted by Gasteiger charge is 2.35. The molecule has 134 valence electrons. The Hall–Kier alpha value is -2.86. The van der Waals surface area contributed by atoms with E-state index in [1.165, 1.54) is 7.11 Å². The summed E-state index contributed by atoms with van der Waals surface area (Å²) in [6, 6.07) is 13.3. The average molecular weight is 373 g/mol. The van der Waals surface area contributed by atoms with Gasteiger partial charge in [-0.3, -0.25) is 9.59 Å². The number of benzene rings is 2. The van der Waals surface area contributed by atoms with Crippen LogP contribution in [-0.4, -0.2) is 31.4 Å². The first kappa shape index (κ1) is 17.9. The molecule has 1 aliphatic heterocycles. The van der Waals surface area contributed by atoms with Gasteiger partial charge in [0.1, 0.15) is 0 Å². The number of rotatable bonds is 4. The fourth-order valence-corrected chi connectivity index (χ4v) is 2.93. The zero-order valence-electron chi connectivity index (χ0n) is 14.1. The second-order valence-corrected chi connectivity index (χ2v) is 6.38. The molecule has 1 heterocycles. The molecule has 7 heteroatoms. The van der Waals surface area contributed by atoms with Crippen molar-refractivity contribution in [2.75, 3.05) is 23.9 Å². The molecule has 0 saturated carbocycles. The van der Waals surface area contributed by atoms with Gasteiger partial charge in [-0.1, -0.05) is 11.6 Å². The predicted octanol–water partition coefficient (Wildman–Crippen LogP) is 3.12. The number of hydrogen-bond donors (Lipinski definition) is 1. The van der Waals surface area contributed by atoms with Crippen molar-refractivity contribution in [3.63, 3.8) is 0 Å². The zero-order valence-corrected chi connectivity index (χ0v) is 14.8. The van der Waals surface area contributed by atoms with E-state index in [0.717, 1.165) is 5.69 Å². The Balaban J connectivity index is 1.64. The molecule has 26 heavy (non-hydrogen) atoms. The summed E-state index contributed by atoms with van der Waals surface area (Å²) in [5, 5.41) is 3.37. The number of nitrogens with zero attached hydrogens (tertiary/aromatic N) is 1. The Morgan fingerprint density at radius 3 is 2.38 bits per heavy atom. The van der Waals surface area contributed by atoms with Crippen LogP contribution in [0.1, 0.15) is 16.8 Å². The topological polar surface area (TPSA) is 75.7 Å². The van der Waals surface area contributed by atoms with Gasteiger partial charge in [0.05, 0.1) is 18.6 Å². The summed E-state index contributed by atoms with van der Waals surface area (Å²) in [5.74, 6) is -1.23. The number of methoxy groups -OCH3 is 1. The van der Waals surface area contributed by atoms with Crippen LogP contribution in [0.5, 0.6) is 0 Å². The van der Waals surface area contributed by atoms with Crippen LogP contribution in [-0.2, 0) is 14.3 Å². The summed E-state index contributed by atoms with van der Waals surface area (Å²) in [7, 11) is 1.31. The molecule has 2 amide bonds. The molecule has 1 saturated heterocycles. The molecule has 1 atom stereocenters. The second-order valence-electron chi connectivity index (χ2n) is 5.94. The second kappa shape index (κ2) is 7.58. The monoisotopic (exact) mass is 372 g/mol. The quantitative estimate of drug-likeness (QED) is 0.837. The molecule has 0 bridgehead atoms. The molecule has 0 radical (unpaired) electrons. The van der Waals surface area contributed by atoms with E-state index in [-0.39, 0.29) is 18.2 Å². The number of esters is 1. The lowest BCUT2D eigenvalue weighted by atomic mass is 10.1. The Kier molecular flexibility index (Phi) is 5.23. The average Bonchev–Trinajstić information content (AvgIpc) is 3.04. The van der Waals surface area contributed by atoms with E-state index in [0.29, 0.717) is 22.8 Å². The van der Waals surface area contributed by atoms with Gasteiger partial charge in [0.2, 0.25) is 11.8 Å².